The molecule has 0 fully saturated rings. The second-order valence-corrected chi connectivity index (χ2v) is 6.95. The van der Waals surface area contributed by atoms with Crippen LogP contribution in [0.25, 0.3) is 11.6 Å². The first-order valence-electron chi connectivity index (χ1n) is 7.85. The smallest absolute Gasteiger partial charge is 0.326 e. The fraction of sp³-hybridized carbons (Fsp3) is 0.278. The molecule has 0 saturated carbocycles. The second-order valence-electron chi connectivity index (χ2n) is 5.95. The fourth-order valence-electron chi connectivity index (χ4n) is 2.62. The Morgan fingerprint density at radius 2 is 2.12 bits per heavy atom. The van der Waals surface area contributed by atoms with E-state index in [1.165, 1.54) is 0 Å². The molecule has 25 heavy (non-hydrogen) atoms. The van der Waals surface area contributed by atoms with Crippen molar-refractivity contribution in [1.29, 1.82) is 0 Å². The van der Waals surface area contributed by atoms with Crippen molar-refractivity contribution in [3.63, 3.8) is 0 Å². The number of nitrogens with zero attached hydrogens (tertiary/aromatic N) is 2. The Labute approximate surface area is 148 Å². The minimum absolute atomic E-state index is 0.236. The number of thiazole rings is 1. The van der Waals surface area contributed by atoms with E-state index in [4.69, 9.17) is 4.74 Å². The summed E-state index contributed by atoms with van der Waals surface area (Å²) in [6.07, 6.45) is 1.45. The van der Waals surface area contributed by atoms with Crippen LogP contribution in [-0.2, 0) is 16.1 Å². The summed E-state index contributed by atoms with van der Waals surface area (Å²) < 4.78 is 6.05. The molecule has 0 unspecified atom stereocenters. The van der Waals surface area contributed by atoms with Gasteiger partial charge in [0.2, 0.25) is 5.88 Å². The summed E-state index contributed by atoms with van der Waals surface area (Å²) in [4.78, 5) is 28.4. The molecule has 0 radical (unpaired) electrons. The van der Waals surface area contributed by atoms with E-state index in [1.54, 1.807) is 19.9 Å². The van der Waals surface area contributed by atoms with Gasteiger partial charge in [0.1, 0.15) is 6.54 Å². The molecule has 0 amide bonds. The predicted molar refractivity (Wildman–Crippen MR) is 98.6 cm³/mol. The molecule has 1 aromatic carbocycles. The highest BCUT2D eigenvalue weighted by molar-refractivity contribution is 7.10. The van der Waals surface area contributed by atoms with Crippen molar-refractivity contribution in [2.24, 2.45) is 4.99 Å². The number of para-hydroxylation sites is 1. The maximum absolute atomic E-state index is 12.1. The van der Waals surface area contributed by atoms with Gasteiger partial charge in [-0.1, -0.05) is 29.5 Å². The van der Waals surface area contributed by atoms with Crippen LogP contribution in [0.3, 0.4) is 0 Å². The number of ether oxygens (including phenoxy) is 1. The zero-order valence-corrected chi connectivity index (χ0v) is 15.0. The summed E-state index contributed by atoms with van der Waals surface area (Å²) in [7, 11) is 0. The van der Waals surface area contributed by atoms with Crippen LogP contribution in [0, 0.1) is 0 Å². The molecule has 2 heterocycles. The number of hydrogen-bond donors (Lipinski definition) is 1. The lowest BCUT2D eigenvalue weighted by Crippen LogP contribution is -2.22. The minimum Gasteiger partial charge on any atom is -0.493 e. The Balaban J connectivity index is 1.95. The third-order valence-electron chi connectivity index (χ3n) is 3.70. The SMILES string of the molecule is CC1=Nc2ccccc2/C1=C\c1sc(=O)n(CC(=O)OC(C)C)c1O. The second kappa shape index (κ2) is 6.68. The third kappa shape index (κ3) is 3.41. The molecule has 7 heteroatoms. The number of carbonyl (C=O) groups is 1. The molecular weight excluding hydrogens is 340 g/mol. The topological polar surface area (TPSA) is 80.9 Å². The Morgan fingerprint density at radius 3 is 2.84 bits per heavy atom. The molecule has 3 rings (SSSR count). The molecular formula is C18H18N2O4S. The first-order valence-corrected chi connectivity index (χ1v) is 8.67. The van der Waals surface area contributed by atoms with Crippen molar-refractivity contribution in [3.05, 3.63) is 44.4 Å². The summed E-state index contributed by atoms with van der Waals surface area (Å²) in [5.74, 6) is -0.797. The number of hydrogen-bond acceptors (Lipinski definition) is 6. The summed E-state index contributed by atoms with van der Waals surface area (Å²) in [5, 5.41) is 10.4. The number of aliphatic imine (C=N–C) groups is 1. The molecule has 6 nitrogen and oxygen atoms in total. The average molecular weight is 358 g/mol. The van der Waals surface area contributed by atoms with E-state index in [2.05, 4.69) is 4.99 Å². The Kier molecular flexibility index (Phi) is 4.59. The number of carbonyl (C=O) groups excluding carboxylic acids is 1. The highest BCUT2D eigenvalue weighted by Gasteiger charge is 2.21. The first kappa shape index (κ1) is 17.2. The fourth-order valence-corrected chi connectivity index (χ4v) is 3.45. The van der Waals surface area contributed by atoms with Gasteiger partial charge in [-0.25, -0.2) is 0 Å². The van der Waals surface area contributed by atoms with E-state index in [0.29, 0.717) is 4.88 Å². The van der Waals surface area contributed by atoms with E-state index < -0.39 is 10.8 Å². The molecule has 0 saturated heterocycles. The Hall–Kier alpha value is -2.67. The van der Waals surface area contributed by atoms with Crippen molar-refractivity contribution >= 4 is 40.4 Å². The number of fused-ring (bicyclic) bond motifs is 1. The van der Waals surface area contributed by atoms with Crippen molar-refractivity contribution in [1.82, 2.24) is 4.57 Å². The van der Waals surface area contributed by atoms with E-state index >= 15 is 0 Å². The third-order valence-corrected chi connectivity index (χ3v) is 4.61. The molecule has 1 aliphatic rings. The van der Waals surface area contributed by atoms with Crippen LogP contribution in [0.5, 0.6) is 5.88 Å². The van der Waals surface area contributed by atoms with Crippen molar-refractivity contribution in [2.75, 3.05) is 0 Å². The highest BCUT2D eigenvalue weighted by atomic mass is 32.1. The van der Waals surface area contributed by atoms with Gasteiger partial charge >= 0.3 is 10.8 Å². The molecule has 0 bridgehead atoms. The van der Waals surface area contributed by atoms with Gasteiger partial charge in [-0.05, 0) is 32.9 Å². The van der Waals surface area contributed by atoms with Crippen LogP contribution in [0.4, 0.5) is 5.69 Å². The maximum Gasteiger partial charge on any atom is 0.326 e. The summed E-state index contributed by atoms with van der Waals surface area (Å²) in [5.41, 5.74) is 3.47. The van der Waals surface area contributed by atoms with Gasteiger partial charge in [-0.2, -0.15) is 0 Å². The molecule has 0 aliphatic carbocycles. The first-order chi connectivity index (χ1) is 11.9. The molecule has 1 N–H and O–H groups in total. The summed E-state index contributed by atoms with van der Waals surface area (Å²) in [6, 6.07) is 7.68. The quantitative estimate of drug-likeness (QED) is 0.851. The number of rotatable bonds is 4. The number of benzene rings is 1. The van der Waals surface area contributed by atoms with Gasteiger partial charge in [0.25, 0.3) is 0 Å². The lowest BCUT2D eigenvalue weighted by molar-refractivity contribution is -0.148. The van der Waals surface area contributed by atoms with Crippen LogP contribution in [0.2, 0.25) is 0 Å². The van der Waals surface area contributed by atoms with Gasteiger partial charge in [-0.15, -0.1) is 0 Å². The van der Waals surface area contributed by atoms with E-state index in [-0.39, 0.29) is 18.5 Å². The van der Waals surface area contributed by atoms with Crippen LogP contribution in [0.1, 0.15) is 31.2 Å². The number of allylic oxidation sites excluding steroid dienone is 1. The highest BCUT2D eigenvalue weighted by Crippen LogP contribution is 2.37. The van der Waals surface area contributed by atoms with Gasteiger partial charge in [0, 0.05) is 16.8 Å². The molecule has 130 valence electrons. The summed E-state index contributed by atoms with van der Waals surface area (Å²) >= 11 is 0.884. The summed E-state index contributed by atoms with van der Waals surface area (Å²) in [6.45, 7) is 5.02. The lowest BCUT2D eigenvalue weighted by Gasteiger charge is -2.08. The van der Waals surface area contributed by atoms with Gasteiger partial charge in [0.15, 0.2) is 0 Å². The van der Waals surface area contributed by atoms with Crippen LogP contribution in [0.15, 0.2) is 34.1 Å². The monoisotopic (exact) mass is 358 g/mol. The number of aromatic hydroxyl groups is 1. The Morgan fingerprint density at radius 1 is 1.40 bits per heavy atom. The van der Waals surface area contributed by atoms with Crippen LogP contribution < -0.4 is 4.87 Å². The van der Waals surface area contributed by atoms with Gasteiger partial charge < -0.3 is 9.84 Å². The average Bonchev–Trinajstić information content (AvgIpc) is 2.99. The largest absolute Gasteiger partial charge is 0.493 e. The number of aromatic nitrogens is 1. The van der Waals surface area contributed by atoms with E-state index in [1.807, 2.05) is 31.2 Å². The molecule has 0 spiro atoms. The zero-order chi connectivity index (χ0) is 18.1. The van der Waals surface area contributed by atoms with Crippen LogP contribution >= 0.6 is 11.3 Å². The van der Waals surface area contributed by atoms with Crippen molar-refractivity contribution < 1.29 is 14.6 Å². The zero-order valence-electron chi connectivity index (χ0n) is 14.1. The standard InChI is InChI=1S/C18H18N2O4S/c1-10(2)24-16(21)9-20-17(22)15(25-18(20)23)8-13-11(3)19-14-7-5-4-6-12(13)14/h4-8,10,22H,9H2,1-3H3/b13-8-. The Bertz CT molecular complexity index is 950. The van der Waals surface area contributed by atoms with Crippen LogP contribution in [-0.4, -0.2) is 27.5 Å². The minimum atomic E-state index is -0.562. The van der Waals surface area contributed by atoms with Gasteiger partial charge in [0.05, 0.1) is 16.7 Å². The molecule has 2 aromatic rings. The van der Waals surface area contributed by atoms with E-state index in [0.717, 1.165) is 38.4 Å². The lowest BCUT2D eigenvalue weighted by atomic mass is 10.0. The molecule has 1 aromatic heterocycles. The van der Waals surface area contributed by atoms with Crippen molar-refractivity contribution in [3.8, 4) is 5.88 Å². The predicted octanol–water partition coefficient (Wildman–Crippen LogP) is 3.21. The van der Waals surface area contributed by atoms with E-state index in [9.17, 15) is 14.7 Å². The maximum atomic E-state index is 12.1. The molecule has 0 atom stereocenters. The van der Waals surface area contributed by atoms with Crippen molar-refractivity contribution in [2.45, 2.75) is 33.4 Å². The molecule has 1 aliphatic heterocycles. The van der Waals surface area contributed by atoms with Gasteiger partial charge in [-0.3, -0.25) is 19.1 Å². The number of esters is 1. The normalized spacial score (nSPS) is 14.7.